The third kappa shape index (κ3) is 7.58. The van der Waals surface area contributed by atoms with Gasteiger partial charge >= 0.3 is 0 Å². The highest BCUT2D eigenvalue weighted by Gasteiger charge is 2.01. The minimum absolute atomic E-state index is 0.247. The van der Waals surface area contributed by atoms with Gasteiger partial charge in [-0.2, -0.15) is 0 Å². The molecular weight excluding hydrogens is 376 g/mol. The Hall–Kier alpha value is -2.51. The molecule has 2 aromatic rings. The van der Waals surface area contributed by atoms with Gasteiger partial charge in [0.1, 0.15) is 12.4 Å². The molecule has 2 aromatic carbocycles. The van der Waals surface area contributed by atoms with Crippen LogP contribution in [-0.4, -0.2) is 33.7 Å². The number of hydrogen-bond acceptors (Lipinski definition) is 4. The summed E-state index contributed by atoms with van der Waals surface area (Å²) in [7, 11) is -3.30. The zero-order valence-electron chi connectivity index (χ0n) is 14.1. The molecule has 0 heterocycles. The molecular formula is C18H19ClN2O4S. The number of carbonyl (C=O) groups is 1. The first-order valence-electron chi connectivity index (χ1n) is 7.74. The summed E-state index contributed by atoms with van der Waals surface area (Å²) < 4.78 is 30.1. The lowest BCUT2D eigenvalue weighted by Crippen LogP contribution is -2.26. The van der Waals surface area contributed by atoms with E-state index in [0.717, 1.165) is 11.8 Å². The first kappa shape index (κ1) is 19.8. The first-order valence-corrected chi connectivity index (χ1v) is 10.0. The van der Waals surface area contributed by atoms with E-state index < -0.39 is 10.0 Å². The Labute approximate surface area is 157 Å². The standard InChI is InChI=1S/C18H19ClN2O4S/c1-26(23,24)21-16-7-2-14(3-8-16)4-11-18(22)20-12-13-25-17-9-5-15(19)6-10-17/h2-11,21H,12-13H2,1H3,(H,20,22)/b11-4+. The van der Waals surface area contributed by atoms with E-state index in [1.165, 1.54) is 6.08 Å². The minimum atomic E-state index is -3.30. The maximum atomic E-state index is 11.8. The Balaban J connectivity index is 1.73. The number of halogens is 1. The lowest BCUT2D eigenvalue weighted by molar-refractivity contribution is -0.116. The number of anilines is 1. The lowest BCUT2D eigenvalue weighted by atomic mass is 10.2. The summed E-state index contributed by atoms with van der Waals surface area (Å²) in [6.07, 6.45) is 4.13. The number of amides is 1. The van der Waals surface area contributed by atoms with Crippen molar-refractivity contribution in [2.24, 2.45) is 0 Å². The fraction of sp³-hybridized carbons (Fsp3) is 0.167. The van der Waals surface area contributed by atoms with Gasteiger partial charge in [-0.05, 0) is 48.0 Å². The predicted molar refractivity (Wildman–Crippen MR) is 104 cm³/mol. The Kier molecular flexibility index (Phi) is 7.06. The maximum Gasteiger partial charge on any atom is 0.244 e. The summed E-state index contributed by atoms with van der Waals surface area (Å²) in [5, 5.41) is 3.34. The zero-order chi connectivity index (χ0) is 19.0. The molecule has 2 rings (SSSR count). The van der Waals surface area contributed by atoms with Gasteiger partial charge in [-0.3, -0.25) is 9.52 Å². The summed E-state index contributed by atoms with van der Waals surface area (Å²) in [5.74, 6) is 0.435. The molecule has 0 saturated carbocycles. The largest absolute Gasteiger partial charge is 0.492 e. The van der Waals surface area contributed by atoms with E-state index in [4.69, 9.17) is 16.3 Å². The summed E-state index contributed by atoms with van der Waals surface area (Å²) in [4.78, 5) is 11.8. The molecule has 0 atom stereocenters. The zero-order valence-corrected chi connectivity index (χ0v) is 15.7. The molecule has 8 heteroatoms. The van der Waals surface area contributed by atoms with Crippen molar-refractivity contribution in [1.29, 1.82) is 0 Å². The van der Waals surface area contributed by atoms with Gasteiger partial charge in [-0.25, -0.2) is 8.42 Å². The van der Waals surface area contributed by atoms with Crippen LogP contribution in [0.25, 0.3) is 6.08 Å². The minimum Gasteiger partial charge on any atom is -0.492 e. The molecule has 0 fully saturated rings. The van der Waals surface area contributed by atoms with E-state index >= 15 is 0 Å². The maximum absolute atomic E-state index is 11.8. The number of sulfonamides is 1. The summed E-state index contributed by atoms with van der Waals surface area (Å²) in [6.45, 7) is 0.704. The molecule has 0 aromatic heterocycles. The van der Waals surface area contributed by atoms with Crippen LogP contribution < -0.4 is 14.8 Å². The van der Waals surface area contributed by atoms with Gasteiger partial charge in [0.25, 0.3) is 0 Å². The van der Waals surface area contributed by atoms with Crippen LogP contribution in [0.5, 0.6) is 5.75 Å². The molecule has 2 N–H and O–H groups in total. The van der Waals surface area contributed by atoms with Crippen molar-refractivity contribution in [1.82, 2.24) is 5.32 Å². The van der Waals surface area contributed by atoms with Crippen molar-refractivity contribution in [3.8, 4) is 5.75 Å². The highest BCUT2D eigenvalue weighted by Crippen LogP contribution is 2.15. The third-order valence-corrected chi connectivity index (χ3v) is 3.98. The topological polar surface area (TPSA) is 84.5 Å². The molecule has 0 radical (unpaired) electrons. The van der Waals surface area contributed by atoms with Crippen LogP contribution in [0, 0.1) is 0 Å². The molecule has 0 saturated heterocycles. The molecule has 0 bridgehead atoms. The summed E-state index contributed by atoms with van der Waals surface area (Å²) in [5.41, 5.74) is 1.24. The van der Waals surface area contributed by atoms with Crippen molar-refractivity contribution in [2.75, 3.05) is 24.1 Å². The van der Waals surface area contributed by atoms with E-state index in [2.05, 4.69) is 10.0 Å². The van der Waals surface area contributed by atoms with Crippen LogP contribution >= 0.6 is 11.6 Å². The molecule has 0 unspecified atom stereocenters. The fourth-order valence-corrected chi connectivity index (χ4v) is 2.67. The first-order chi connectivity index (χ1) is 12.3. The van der Waals surface area contributed by atoms with Gasteiger partial charge in [0.05, 0.1) is 12.8 Å². The van der Waals surface area contributed by atoms with Gasteiger partial charge in [0, 0.05) is 16.8 Å². The summed E-state index contributed by atoms with van der Waals surface area (Å²) >= 11 is 5.79. The molecule has 0 aliphatic rings. The predicted octanol–water partition coefficient (Wildman–Crippen LogP) is 2.92. The number of ether oxygens (including phenoxy) is 1. The second-order valence-electron chi connectivity index (χ2n) is 5.42. The molecule has 1 amide bonds. The van der Waals surface area contributed by atoms with Gasteiger partial charge in [-0.1, -0.05) is 23.7 Å². The Morgan fingerprint density at radius 3 is 2.38 bits per heavy atom. The molecule has 138 valence electrons. The highest BCUT2D eigenvalue weighted by atomic mass is 35.5. The van der Waals surface area contributed by atoms with Gasteiger partial charge < -0.3 is 10.1 Å². The normalized spacial score (nSPS) is 11.3. The van der Waals surface area contributed by atoms with Crippen LogP contribution in [0.4, 0.5) is 5.69 Å². The highest BCUT2D eigenvalue weighted by molar-refractivity contribution is 7.92. The molecule has 26 heavy (non-hydrogen) atoms. The van der Waals surface area contributed by atoms with Gasteiger partial charge in [-0.15, -0.1) is 0 Å². The number of carbonyl (C=O) groups excluding carboxylic acids is 1. The van der Waals surface area contributed by atoms with E-state index in [1.807, 2.05) is 0 Å². The van der Waals surface area contributed by atoms with Crippen molar-refractivity contribution >= 4 is 39.3 Å². The number of benzene rings is 2. The average Bonchev–Trinajstić information content (AvgIpc) is 2.58. The van der Waals surface area contributed by atoms with Crippen LogP contribution in [-0.2, 0) is 14.8 Å². The second kappa shape index (κ2) is 9.26. The Morgan fingerprint density at radius 1 is 1.12 bits per heavy atom. The van der Waals surface area contributed by atoms with Gasteiger partial charge in [0.15, 0.2) is 0 Å². The monoisotopic (exact) mass is 394 g/mol. The number of hydrogen-bond donors (Lipinski definition) is 2. The van der Waals surface area contributed by atoms with Crippen LogP contribution in [0.15, 0.2) is 54.6 Å². The van der Waals surface area contributed by atoms with Crippen molar-refractivity contribution < 1.29 is 17.9 Å². The smallest absolute Gasteiger partial charge is 0.244 e. The Bertz CT molecular complexity index is 863. The van der Waals surface area contributed by atoms with E-state index in [0.29, 0.717) is 29.6 Å². The Morgan fingerprint density at radius 2 is 1.77 bits per heavy atom. The van der Waals surface area contributed by atoms with Crippen molar-refractivity contribution in [3.63, 3.8) is 0 Å². The summed E-state index contributed by atoms with van der Waals surface area (Å²) in [6, 6.07) is 13.6. The van der Waals surface area contributed by atoms with Crippen molar-refractivity contribution in [3.05, 3.63) is 65.2 Å². The van der Waals surface area contributed by atoms with Crippen LogP contribution in [0.2, 0.25) is 5.02 Å². The van der Waals surface area contributed by atoms with Crippen LogP contribution in [0.1, 0.15) is 5.56 Å². The van der Waals surface area contributed by atoms with Crippen molar-refractivity contribution in [2.45, 2.75) is 0 Å². The van der Waals surface area contributed by atoms with Crippen LogP contribution in [0.3, 0.4) is 0 Å². The fourth-order valence-electron chi connectivity index (χ4n) is 1.98. The molecule has 0 aliphatic heterocycles. The second-order valence-corrected chi connectivity index (χ2v) is 7.61. The van der Waals surface area contributed by atoms with E-state index in [-0.39, 0.29) is 5.91 Å². The third-order valence-electron chi connectivity index (χ3n) is 3.12. The quantitative estimate of drug-likeness (QED) is 0.532. The average molecular weight is 395 g/mol. The number of rotatable bonds is 8. The SMILES string of the molecule is CS(=O)(=O)Nc1ccc(/C=C/C(=O)NCCOc2ccc(Cl)cc2)cc1. The number of nitrogens with one attached hydrogen (secondary N) is 2. The molecule has 6 nitrogen and oxygen atoms in total. The molecule has 0 spiro atoms. The van der Waals surface area contributed by atoms with E-state index in [1.54, 1.807) is 54.6 Å². The molecule has 0 aliphatic carbocycles. The lowest BCUT2D eigenvalue weighted by Gasteiger charge is -2.06. The van der Waals surface area contributed by atoms with Gasteiger partial charge in [0.2, 0.25) is 15.9 Å². The van der Waals surface area contributed by atoms with E-state index in [9.17, 15) is 13.2 Å².